The van der Waals surface area contributed by atoms with E-state index in [4.69, 9.17) is 0 Å². The molecule has 2 heterocycles. The number of hydrogen-bond acceptors (Lipinski definition) is 4. The number of carbonyl (C=O) groups excluding carboxylic acids is 1. The maximum Gasteiger partial charge on any atom is 0.131 e. The van der Waals surface area contributed by atoms with Crippen molar-refractivity contribution in [1.82, 2.24) is 4.90 Å². The summed E-state index contributed by atoms with van der Waals surface area (Å²) < 4.78 is 0. The van der Waals surface area contributed by atoms with Crippen LogP contribution in [0, 0.1) is 0 Å². The van der Waals surface area contributed by atoms with E-state index in [1.807, 2.05) is 5.38 Å². The third-order valence-corrected chi connectivity index (χ3v) is 3.75. The van der Waals surface area contributed by atoms with Crippen LogP contribution in [0.2, 0.25) is 0 Å². The third kappa shape index (κ3) is 2.45. The molecule has 0 radical (unpaired) electrons. The summed E-state index contributed by atoms with van der Waals surface area (Å²) in [5.41, 5.74) is 1.21. The Morgan fingerprint density at radius 1 is 1.73 bits per heavy atom. The van der Waals surface area contributed by atoms with Crippen molar-refractivity contribution < 1.29 is 9.90 Å². The highest BCUT2D eigenvalue weighted by atomic mass is 32.1. The lowest BCUT2D eigenvalue weighted by atomic mass is 10.1. The van der Waals surface area contributed by atoms with Crippen molar-refractivity contribution in [3.05, 3.63) is 21.9 Å². The molecule has 15 heavy (non-hydrogen) atoms. The third-order valence-electron chi connectivity index (χ3n) is 2.69. The Morgan fingerprint density at radius 2 is 2.53 bits per heavy atom. The van der Waals surface area contributed by atoms with Crippen LogP contribution in [-0.4, -0.2) is 28.9 Å². The minimum absolute atomic E-state index is 0.209. The number of β-amino-alcohol motifs (C(OH)–C–C–N with tert-alkyl or cyclic N) is 1. The lowest BCUT2D eigenvalue weighted by molar-refractivity contribution is -0.117. The molecular formula is C11H15NO2S. The van der Waals surface area contributed by atoms with Crippen LogP contribution < -0.4 is 0 Å². The van der Waals surface area contributed by atoms with Crippen LogP contribution in [0.15, 0.2) is 11.4 Å². The summed E-state index contributed by atoms with van der Waals surface area (Å²) >= 11 is 1.62. The number of fused-ring (bicyclic) bond motifs is 1. The predicted octanol–water partition coefficient (Wildman–Crippen LogP) is 1.58. The van der Waals surface area contributed by atoms with Crippen molar-refractivity contribution >= 4 is 17.1 Å². The molecule has 1 atom stereocenters. The number of nitrogens with zero attached hydrogens (tertiary/aromatic N) is 1. The zero-order valence-corrected chi connectivity index (χ0v) is 9.59. The topological polar surface area (TPSA) is 40.5 Å². The van der Waals surface area contributed by atoms with E-state index in [1.54, 1.807) is 18.3 Å². The van der Waals surface area contributed by atoms with Crippen molar-refractivity contribution in [2.45, 2.75) is 26.0 Å². The molecule has 0 spiro atoms. The highest BCUT2D eigenvalue weighted by molar-refractivity contribution is 7.10. The van der Waals surface area contributed by atoms with Crippen LogP contribution in [0.1, 0.15) is 29.9 Å². The molecule has 1 aromatic heterocycles. The summed E-state index contributed by atoms with van der Waals surface area (Å²) in [4.78, 5) is 14.1. The van der Waals surface area contributed by atoms with Crippen LogP contribution in [0.25, 0.3) is 0 Å². The minimum Gasteiger partial charge on any atom is -0.386 e. The average molecular weight is 225 g/mol. The zero-order valence-electron chi connectivity index (χ0n) is 8.77. The quantitative estimate of drug-likeness (QED) is 0.849. The van der Waals surface area contributed by atoms with Crippen molar-refractivity contribution in [3.63, 3.8) is 0 Å². The molecule has 82 valence electrons. The number of Topliss-reactive ketones (excluding diaryl/α,β-unsaturated/α-hetero) is 1. The van der Waals surface area contributed by atoms with E-state index in [-0.39, 0.29) is 11.9 Å². The predicted molar refractivity (Wildman–Crippen MR) is 59.9 cm³/mol. The van der Waals surface area contributed by atoms with Gasteiger partial charge in [0.2, 0.25) is 0 Å². The number of carbonyl (C=O) groups is 1. The van der Waals surface area contributed by atoms with Gasteiger partial charge in [-0.2, -0.15) is 0 Å². The molecule has 0 aromatic carbocycles. The highest BCUT2D eigenvalue weighted by Gasteiger charge is 2.24. The normalized spacial score (nSPS) is 21.3. The SMILES string of the molecule is CC(=O)CCN1Cc2ccsc2C(O)C1. The molecule has 1 aliphatic heterocycles. The zero-order chi connectivity index (χ0) is 10.8. The number of ketones is 1. The molecule has 1 aromatic rings. The van der Waals surface area contributed by atoms with Crippen LogP contribution in [0.4, 0.5) is 0 Å². The van der Waals surface area contributed by atoms with Gasteiger partial charge in [0.05, 0.1) is 0 Å². The molecule has 1 unspecified atom stereocenters. The molecular weight excluding hydrogens is 210 g/mol. The van der Waals surface area contributed by atoms with Crippen LogP contribution in [0.5, 0.6) is 0 Å². The fourth-order valence-electron chi connectivity index (χ4n) is 1.89. The Balaban J connectivity index is 2.00. The van der Waals surface area contributed by atoms with Crippen LogP contribution in [-0.2, 0) is 11.3 Å². The van der Waals surface area contributed by atoms with E-state index in [0.29, 0.717) is 13.0 Å². The van der Waals surface area contributed by atoms with Crippen molar-refractivity contribution in [2.24, 2.45) is 0 Å². The van der Waals surface area contributed by atoms with Gasteiger partial charge in [-0.1, -0.05) is 0 Å². The summed E-state index contributed by atoms with van der Waals surface area (Å²) in [6.07, 6.45) is 0.201. The van der Waals surface area contributed by atoms with Crippen LogP contribution in [0.3, 0.4) is 0 Å². The van der Waals surface area contributed by atoms with Gasteiger partial charge in [0.25, 0.3) is 0 Å². The maximum atomic E-state index is 10.9. The number of rotatable bonds is 3. The summed E-state index contributed by atoms with van der Waals surface area (Å²) in [6, 6.07) is 2.06. The number of thiophene rings is 1. The second kappa shape index (κ2) is 4.43. The largest absolute Gasteiger partial charge is 0.386 e. The summed E-state index contributed by atoms with van der Waals surface area (Å²) in [7, 11) is 0. The molecule has 1 N–H and O–H groups in total. The molecule has 0 fully saturated rings. The highest BCUT2D eigenvalue weighted by Crippen LogP contribution is 2.30. The van der Waals surface area contributed by atoms with E-state index >= 15 is 0 Å². The monoisotopic (exact) mass is 225 g/mol. The first-order chi connectivity index (χ1) is 7.16. The van der Waals surface area contributed by atoms with E-state index in [2.05, 4.69) is 11.0 Å². The Bertz CT molecular complexity index is 361. The molecule has 0 bridgehead atoms. The fraction of sp³-hybridized carbons (Fsp3) is 0.545. The van der Waals surface area contributed by atoms with E-state index < -0.39 is 0 Å². The first-order valence-corrected chi connectivity index (χ1v) is 6.01. The molecule has 0 saturated heterocycles. The van der Waals surface area contributed by atoms with Crippen molar-refractivity contribution in [2.75, 3.05) is 13.1 Å². The number of hydrogen-bond donors (Lipinski definition) is 1. The van der Waals surface area contributed by atoms with E-state index in [1.165, 1.54) is 5.56 Å². The van der Waals surface area contributed by atoms with Gasteiger partial charge in [0.1, 0.15) is 11.9 Å². The van der Waals surface area contributed by atoms with Gasteiger partial charge in [-0.25, -0.2) is 0 Å². The summed E-state index contributed by atoms with van der Waals surface area (Å²) in [5, 5.41) is 11.9. The summed E-state index contributed by atoms with van der Waals surface area (Å²) in [5.74, 6) is 0.209. The first kappa shape index (κ1) is 10.8. The fourth-order valence-corrected chi connectivity index (χ4v) is 2.78. The van der Waals surface area contributed by atoms with Gasteiger partial charge in [0, 0.05) is 30.9 Å². The molecule has 3 nitrogen and oxygen atoms in total. The van der Waals surface area contributed by atoms with Gasteiger partial charge in [-0.3, -0.25) is 9.69 Å². The number of aliphatic hydroxyl groups excluding tert-OH is 1. The smallest absolute Gasteiger partial charge is 0.131 e. The Hall–Kier alpha value is -0.710. The average Bonchev–Trinajstić information content (AvgIpc) is 2.63. The molecule has 0 saturated carbocycles. The van der Waals surface area contributed by atoms with Gasteiger partial charge in [-0.05, 0) is 23.9 Å². The summed E-state index contributed by atoms with van der Waals surface area (Å²) in [6.45, 7) is 3.88. The van der Waals surface area contributed by atoms with Crippen molar-refractivity contribution in [1.29, 1.82) is 0 Å². The second-order valence-electron chi connectivity index (χ2n) is 4.01. The lowest BCUT2D eigenvalue weighted by Gasteiger charge is -2.29. The van der Waals surface area contributed by atoms with Crippen molar-refractivity contribution in [3.8, 4) is 0 Å². The van der Waals surface area contributed by atoms with Gasteiger partial charge >= 0.3 is 0 Å². The Kier molecular flexibility index (Phi) is 3.19. The van der Waals surface area contributed by atoms with Gasteiger partial charge in [0.15, 0.2) is 0 Å². The molecule has 0 aliphatic carbocycles. The number of aliphatic hydroxyl groups is 1. The van der Waals surface area contributed by atoms with Crippen LogP contribution >= 0.6 is 11.3 Å². The molecule has 4 heteroatoms. The molecule has 0 amide bonds. The lowest BCUT2D eigenvalue weighted by Crippen LogP contribution is -2.34. The molecule has 1 aliphatic rings. The Morgan fingerprint density at radius 3 is 3.27 bits per heavy atom. The Labute approximate surface area is 93.3 Å². The van der Waals surface area contributed by atoms with E-state index in [9.17, 15) is 9.90 Å². The first-order valence-electron chi connectivity index (χ1n) is 5.13. The van der Waals surface area contributed by atoms with Gasteiger partial charge < -0.3 is 5.11 Å². The second-order valence-corrected chi connectivity index (χ2v) is 4.96. The maximum absolute atomic E-state index is 10.9. The minimum atomic E-state index is -0.374. The molecule has 2 rings (SSSR count). The van der Waals surface area contributed by atoms with E-state index in [0.717, 1.165) is 18.0 Å². The van der Waals surface area contributed by atoms with Gasteiger partial charge in [-0.15, -0.1) is 11.3 Å². The standard InChI is InChI=1S/C11H15NO2S/c1-8(13)2-4-12-6-9-3-5-15-11(9)10(14)7-12/h3,5,10,14H,2,4,6-7H2,1H3.